The molecule has 1 aliphatic heterocycles. The van der Waals surface area contributed by atoms with E-state index in [-0.39, 0.29) is 11.3 Å². The summed E-state index contributed by atoms with van der Waals surface area (Å²) in [5.41, 5.74) is 0.853. The molecule has 0 saturated carbocycles. The van der Waals surface area contributed by atoms with Crippen LogP contribution in [0, 0.1) is 6.92 Å². The minimum absolute atomic E-state index is 0.0329. The molecule has 0 radical (unpaired) electrons. The Morgan fingerprint density at radius 2 is 1.80 bits per heavy atom. The van der Waals surface area contributed by atoms with Crippen molar-refractivity contribution in [3.63, 3.8) is 0 Å². The molecule has 1 unspecified atom stereocenters. The summed E-state index contributed by atoms with van der Waals surface area (Å²) in [5, 5.41) is 10.9. The number of anilines is 1. The Labute approximate surface area is 173 Å². The summed E-state index contributed by atoms with van der Waals surface area (Å²) in [5.74, 6) is -0.128. The Balaban J connectivity index is 1.87. The van der Waals surface area contributed by atoms with Gasteiger partial charge in [0.05, 0.1) is 12.2 Å². The molecule has 4 rings (SSSR count). The minimum atomic E-state index is -0.898. The zero-order valence-electron chi connectivity index (χ0n) is 16.5. The van der Waals surface area contributed by atoms with Gasteiger partial charge < -0.3 is 14.3 Å². The van der Waals surface area contributed by atoms with Gasteiger partial charge in [-0.1, -0.05) is 0 Å². The van der Waals surface area contributed by atoms with Gasteiger partial charge in [-0.15, -0.1) is 0 Å². The van der Waals surface area contributed by atoms with E-state index in [2.05, 4.69) is 4.98 Å². The maximum absolute atomic E-state index is 13.0. The van der Waals surface area contributed by atoms with Crippen molar-refractivity contribution < 1.29 is 23.8 Å². The van der Waals surface area contributed by atoms with Gasteiger partial charge in [0.15, 0.2) is 0 Å². The van der Waals surface area contributed by atoms with Crippen LogP contribution in [0.2, 0.25) is 0 Å². The number of hydrogen-bond donors (Lipinski definition) is 1. The van der Waals surface area contributed by atoms with Gasteiger partial charge in [-0.25, -0.2) is 0 Å². The molecule has 1 N–H and O–H groups in total. The molecule has 3 heterocycles. The standard InChI is InChI=1S/C23H20N2O5/c1-3-29-17-7-5-16(6-8-17)25-20(18-9-4-14(2)30-18)19(22(27)23(25)28)21(26)15-10-12-24-13-11-15/h4-13,20,26H,3H2,1-2H3/b21-19-. The molecule has 1 fully saturated rings. The van der Waals surface area contributed by atoms with Crippen molar-refractivity contribution in [2.24, 2.45) is 0 Å². The first-order valence-electron chi connectivity index (χ1n) is 9.52. The second-order valence-corrected chi connectivity index (χ2v) is 6.78. The molecular weight excluding hydrogens is 384 g/mol. The fraction of sp³-hybridized carbons (Fsp3) is 0.174. The fourth-order valence-electron chi connectivity index (χ4n) is 3.50. The first-order chi connectivity index (χ1) is 14.5. The molecule has 2 aromatic heterocycles. The lowest BCUT2D eigenvalue weighted by Crippen LogP contribution is -2.29. The number of aromatic nitrogens is 1. The number of benzene rings is 1. The SMILES string of the molecule is CCOc1ccc(N2C(=O)C(=O)/C(=C(\O)c3ccncc3)C2c2ccc(C)o2)cc1. The lowest BCUT2D eigenvalue weighted by molar-refractivity contribution is -0.132. The summed E-state index contributed by atoms with van der Waals surface area (Å²) in [7, 11) is 0. The predicted molar refractivity (Wildman–Crippen MR) is 110 cm³/mol. The highest BCUT2D eigenvalue weighted by molar-refractivity contribution is 6.51. The summed E-state index contributed by atoms with van der Waals surface area (Å²) in [4.78, 5) is 31.2. The zero-order chi connectivity index (χ0) is 21.3. The van der Waals surface area contributed by atoms with Crippen molar-refractivity contribution in [3.8, 4) is 5.75 Å². The van der Waals surface area contributed by atoms with Gasteiger partial charge in [0.2, 0.25) is 0 Å². The number of Topliss-reactive ketones (excluding diaryl/α,β-unsaturated/α-hetero) is 1. The van der Waals surface area contributed by atoms with E-state index in [0.717, 1.165) is 0 Å². The van der Waals surface area contributed by atoms with E-state index >= 15 is 0 Å². The number of aliphatic hydroxyl groups is 1. The molecule has 0 aliphatic carbocycles. The number of amides is 1. The van der Waals surface area contributed by atoms with Crippen LogP contribution in [0.3, 0.4) is 0 Å². The highest BCUT2D eigenvalue weighted by Crippen LogP contribution is 2.42. The van der Waals surface area contributed by atoms with Crippen LogP contribution in [0.5, 0.6) is 5.75 Å². The Hall–Kier alpha value is -3.87. The molecule has 0 bridgehead atoms. The van der Waals surface area contributed by atoms with E-state index < -0.39 is 17.7 Å². The van der Waals surface area contributed by atoms with Gasteiger partial charge >= 0.3 is 0 Å². The van der Waals surface area contributed by atoms with Gasteiger partial charge in [0.1, 0.15) is 29.1 Å². The van der Waals surface area contributed by atoms with Crippen LogP contribution in [-0.4, -0.2) is 28.4 Å². The minimum Gasteiger partial charge on any atom is -0.507 e. The molecule has 3 aromatic rings. The number of pyridine rings is 1. The Bertz CT molecular complexity index is 1120. The van der Waals surface area contributed by atoms with Crippen LogP contribution < -0.4 is 9.64 Å². The normalized spacial score (nSPS) is 18.1. The second-order valence-electron chi connectivity index (χ2n) is 6.78. The van der Waals surface area contributed by atoms with Gasteiger partial charge in [0.25, 0.3) is 11.7 Å². The highest BCUT2D eigenvalue weighted by atomic mass is 16.5. The van der Waals surface area contributed by atoms with Crippen molar-refractivity contribution in [2.75, 3.05) is 11.5 Å². The van der Waals surface area contributed by atoms with Crippen LogP contribution in [0.1, 0.15) is 30.0 Å². The van der Waals surface area contributed by atoms with Gasteiger partial charge in [0, 0.05) is 23.6 Å². The molecule has 1 aliphatic rings. The van der Waals surface area contributed by atoms with Gasteiger partial charge in [-0.05, 0) is 62.4 Å². The maximum atomic E-state index is 13.0. The summed E-state index contributed by atoms with van der Waals surface area (Å²) in [6.45, 7) is 4.17. The van der Waals surface area contributed by atoms with Crippen LogP contribution in [-0.2, 0) is 9.59 Å². The number of hydrogen-bond acceptors (Lipinski definition) is 6. The Morgan fingerprint density at radius 3 is 2.40 bits per heavy atom. The van der Waals surface area contributed by atoms with Gasteiger partial charge in [-0.3, -0.25) is 19.5 Å². The second kappa shape index (κ2) is 7.87. The lowest BCUT2D eigenvalue weighted by atomic mass is 9.99. The monoisotopic (exact) mass is 404 g/mol. The first-order valence-corrected chi connectivity index (χ1v) is 9.52. The average Bonchev–Trinajstić information content (AvgIpc) is 3.30. The van der Waals surface area contributed by atoms with E-state index in [9.17, 15) is 14.7 Å². The molecular formula is C23H20N2O5. The Morgan fingerprint density at radius 1 is 1.10 bits per heavy atom. The third-order valence-electron chi connectivity index (χ3n) is 4.85. The van der Waals surface area contributed by atoms with E-state index in [4.69, 9.17) is 9.15 Å². The highest BCUT2D eigenvalue weighted by Gasteiger charge is 2.48. The third-order valence-corrected chi connectivity index (χ3v) is 4.85. The smallest absolute Gasteiger partial charge is 0.300 e. The molecule has 1 aromatic carbocycles. The number of carbonyl (C=O) groups is 2. The van der Waals surface area contributed by atoms with Gasteiger partial charge in [-0.2, -0.15) is 0 Å². The zero-order valence-corrected chi connectivity index (χ0v) is 16.5. The fourth-order valence-corrected chi connectivity index (χ4v) is 3.50. The largest absolute Gasteiger partial charge is 0.507 e. The summed E-state index contributed by atoms with van der Waals surface area (Å²) in [6.07, 6.45) is 3.01. The number of furan rings is 1. The van der Waals surface area contributed by atoms with E-state index in [1.165, 1.54) is 17.3 Å². The maximum Gasteiger partial charge on any atom is 0.300 e. The number of aliphatic hydroxyl groups excluding tert-OH is 1. The molecule has 0 spiro atoms. The van der Waals surface area contributed by atoms with E-state index in [0.29, 0.717) is 35.1 Å². The predicted octanol–water partition coefficient (Wildman–Crippen LogP) is 4.01. The summed E-state index contributed by atoms with van der Waals surface area (Å²) < 4.78 is 11.2. The molecule has 1 atom stereocenters. The quantitative estimate of drug-likeness (QED) is 0.392. The summed E-state index contributed by atoms with van der Waals surface area (Å²) >= 11 is 0. The van der Waals surface area contributed by atoms with Crippen molar-refractivity contribution in [3.05, 3.63) is 83.6 Å². The Kier molecular flexibility index (Phi) is 5.10. The van der Waals surface area contributed by atoms with Crippen LogP contribution in [0.25, 0.3) is 5.76 Å². The topological polar surface area (TPSA) is 92.9 Å². The number of ketones is 1. The van der Waals surface area contributed by atoms with Crippen LogP contribution >= 0.6 is 0 Å². The molecule has 152 valence electrons. The van der Waals surface area contributed by atoms with Crippen LogP contribution in [0.4, 0.5) is 5.69 Å². The molecule has 1 amide bonds. The van der Waals surface area contributed by atoms with E-state index in [1.54, 1.807) is 55.5 Å². The van der Waals surface area contributed by atoms with Crippen molar-refractivity contribution in [2.45, 2.75) is 19.9 Å². The number of ether oxygens (including phenoxy) is 1. The molecule has 30 heavy (non-hydrogen) atoms. The van der Waals surface area contributed by atoms with Crippen LogP contribution in [0.15, 0.2) is 70.9 Å². The first kappa shape index (κ1) is 19.4. The summed E-state index contributed by atoms with van der Waals surface area (Å²) in [6, 6.07) is 12.6. The third kappa shape index (κ3) is 3.34. The van der Waals surface area contributed by atoms with Crippen molar-refractivity contribution in [1.82, 2.24) is 4.98 Å². The van der Waals surface area contributed by atoms with E-state index in [1.807, 2.05) is 6.92 Å². The average molecular weight is 404 g/mol. The number of aryl methyl sites for hydroxylation is 1. The van der Waals surface area contributed by atoms with Crippen molar-refractivity contribution >= 4 is 23.1 Å². The number of rotatable bonds is 5. The molecule has 1 saturated heterocycles. The molecule has 7 nitrogen and oxygen atoms in total. The number of nitrogens with zero attached hydrogens (tertiary/aromatic N) is 2. The molecule has 7 heteroatoms. The number of carbonyl (C=O) groups excluding carboxylic acids is 2. The lowest BCUT2D eigenvalue weighted by Gasteiger charge is -2.23. The van der Waals surface area contributed by atoms with Crippen molar-refractivity contribution in [1.29, 1.82) is 0 Å².